The molecule has 0 radical (unpaired) electrons. The first-order valence-corrected chi connectivity index (χ1v) is 15.4. The largest absolute Gasteiger partial charge is 0.478 e. The highest BCUT2D eigenvalue weighted by atomic mass is 16.4. The van der Waals surface area contributed by atoms with E-state index in [1.54, 1.807) is 30.5 Å². The van der Waals surface area contributed by atoms with Crippen molar-refractivity contribution in [2.24, 2.45) is 5.92 Å². The predicted molar refractivity (Wildman–Crippen MR) is 170 cm³/mol. The second-order valence-corrected chi connectivity index (χ2v) is 12.0. The molecule has 2 saturated carbocycles. The number of nitrogens with one attached hydrogen (secondary N) is 2. The van der Waals surface area contributed by atoms with Gasteiger partial charge in [0.2, 0.25) is 5.91 Å². The molecule has 4 aromatic rings. The lowest BCUT2D eigenvalue weighted by molar-refractivity contribution is -0.131. The topological polar surface area (TPSA) is 126 Å². The number of hydrogen-bond donors (Lipinski definition) is 3. The first kappa shape index (κ1) is 29.3. The minimum Gasteiger partial charge on any atom is -0.478 e. The van der Waals surface area contributed by atoms with E-state index in [4.69, 9.17) is 10.1 Å². The number of carbonyl (C=O) groups excluding carboxylic acids is 2. The van der Waals surface area contributed by atoms with Crippen molar-refractivity contribution in [3.05, 3.63) is 84.1 Å². The average molecular weight is 592 g/mol. The fourth-order valence-electron chi connectivity index (χ4n) is 6.70. The van der Waals surface area contributed by atoms with Crippen molar-refractivity contribution in [3.63, 3.8) is 0 Å². The third-order valence-corrected chi connectivity index (χ3v) is 9.07. The summed E-state index contributed by atoms with van der Waals surface area (Å²) in [4.78, 5) is 47.7. The van der Waals surface area contributed by atoms with Gasteiger partial charge in [-0.3, -0.25) is 14.6 Å². The predicted octanol–water partition coefficient (Wildman–Crippen LogP) is 6.63. The molecule has 2 aliphatic carbocycles. The number of carboxylic acids is 1. The van der Waals surface area contributed by atoms with Crippen molar-refractivity contribution < 1.29 is 19.5 Å². The molecule has 9 heteroatoms. The monoisotopic (exact) mass is 591 g/mol. The second-order valence-electron chi connectivity index (χ2n) is 12.0. The van der Waals surface area contributed by atoms with Gasteiger partial charge in [0.1, 0.15) is 11.2 Å². The summed E-state index contributed by atoms with van der Waals surface area (Å²) >= 11 is 0. The summed E-state index contributed by atoms with van der Waals surface area (Å²) in [6.45, 7) is 2.30. The number of nitrogens with zero attached hydrogens (tertiary/aromatic N) is 3. The molecule has 0 unspecified atom stereocenters. The van der Waals surface area contributed by atoms with Gasteiger partial charge in [-0.05, 0) is 85.7 Å². The van der Waals surface area contributed by atoms with Crippen LogP contribution >= 0.6 is 0 Å². The molecule has 3 N–H and O–H groups in total. The van der Waals surface area contributed by atoms with Crippen LogP contribution in [-0.2, 0) is 9.59 Å². The molecule has 2 aromatic heterocycles. The zero-order chi connectivity index (χ0) is 30.7. The van der Waals surface area contributed by atoms with Crippen molar-refractivity contribution in [3.8, 4) is 11.5 Å². The Kier molecular flexibility index (Phi) is 8.28. The molecule has 2 atom stereocenters. The van der Waals surface area contributed by atoms with E-state index in [2.05, 4.69) is 27.1 Å². The Morgan fingerprint density at radius 3 is 2.45 bits per heavy atom. The van der Waals surface area contributed by atoms with Crippen LogP contribution in [0.15, 0.2) is 72.9 Å². The number of fused-ring (bicyclic) bond motifs is 1. The number of aromatic nitrogens is 3. The van der Waals surface area contributed by atoms with E-state index < -0.39 is 11.5 Å². The van der Waals surface area contributed by atoms with Crippen LogP contribution in [0.25, 0.3) is 28.6 Å². The SMILES string of the molecule is C[C@@H]1CCCC[C@H]1n1c(-c2ccccn2)nc2cc(C(=O)NC3(C(=O)Nc4ccc(/C=C/C(=O)O)cc4)CCCC3)ccc21. The molecule has 2 aliphatic rings. The summed E-state index contributed by atoms with van der Waals surface area (Å²) in [5, 5.41) is 14.9. The molecule has 2 amide bonds. The van der Waals surface area contributed by atoms with E-state index in [1.165, 1.54) is 25.3 Å². The number of benzene rings is 2. The lowest BCUT2D eigenvalue weighted by Gasteiger charge is -2.31. The molecule has 0 saturated heterocycles. The molecule has 0 aliphatic heterocycles. The Morgan fingerprint density at radius 1 is 0.977 bits per heavy atom. The van der Waals surface area contributed by atoms with Crippen LogP contribution in [0.3, 0.4) is 0 Å². The van der Waals surface area contributed by atoms with Crippen LogP contribution < -0.4 is 10.6 Å². The summed E-state index contributed by atoms with van der Waals surface area (Å²) < 4.78 is 2.32. The lowest BCUT2D eigenvalue weighted by Crippen LogP contribution is -2.55. The zero-order valence-electron chi connectivity index (χ0n) is 24.8. The normalized spacial score (nSPS) is 19.7. The molecule has 9 nitrogen and oxygen atoms in total. The molecular weight excluding hydrogens is 554 g/mol. The van der Waals surface area contributed by atoms with E-state index in [0.717, 1.165) is 47.9 Å². The van der Waals surface area contributed by atoms with Gasteiger partial charge < -0.3 is 20.3 Å². The van der Waals surface area contributed by atoms with E-state index >= 15 is 0 Å². The van der Waals surface area contributed by atoms with Crippen LogP contribution in [0.1, 0.15) is 80.3 Å². The number of hydrogen-bond acceptors (Lipinski definition) is 5. The van der Waals surface area contributed by atoms with Gasteiger partial charge in [0.15, 0.2) is 5.82 Å². The number of anilines is 1. The fraction of sp³-hybridized carbons (Fsp3) is 0.343. The second kappa shape index (κ2) is 12.4. The van der Waals surface area contributed by atoms with Gasteiger partial charge in [-0.25, -0.2) is 9.78 Å². The van der Waals surface area contributed by atoms with Gasteiger partial charge in [0.05, 0.1) is 11.0 Å². The maximum absolute atomic E-state index is 13.7. The smallest absolute Gasteiger partial charge is 0.328 e. The molecule has 2 aromatic carbocycles. The maximum Gasteiger partial charge on any atom is 0.328 e. The number of rotatable bonds is 8. The van der Waals surface area contributed by atoms with Crippen molar-refractivity contribution in [1.29, 1.82) is 0 Å². The number of imidazole rings is 1. The molecule has 226 valence electrons. The summed E-state index contributed by atoms with van der Waals surface area (Å²) in [5.41, 5.74) is 3.24. The summed E-state index contributed by atoms with van der Waals surface area (Å²) in [5.74, 6) is -0.275. The average Bonchev–Trinajstić information content (AvgIpc) is 3.67. The van der Waals surface area contributed by atoms with Crippen molar-refractivity contribution in [1.82, 2.24) is 19.9 Å². The van der Waals surface area contributed by atoms with E-state index in [0.29, 0.717) is 41.6 Å². The van der Waals surface area contributed by atoms with Crippen molar-refractivity contribution in [2.45, 2.75) is 69.9 Å². The number of amides is 2. The van der Waals surface area contributed by atoms with Crippen LogP contribution in [0.4, 0.5) is 5.69 Å². The van der Waals surface area contributed by atoms with Gasteiger partial charge in [0.25, 0.3) is 5.91 Å². The van der Waals surface area contributed by atoms with Gasteiger partial charge in [-0.15, -0.1) is 0 Å². The molecule has 44 heavy (non-hydrogen) atoms. The maximum atomic E-state index is 13.7. The van der Waals surface area contributed by atoms with Crippen molar-refractivity contribution in [2.75, 3.05) is 5.32 Å². The number of carboxylic acid groups (broad SMARTS) is 1. The summed E-state index contributed by atoms with van der Waals surface area (Å²) in [7, 11) is 0. The molecule has 0 bridgehead atoms. The Balaban J connectivity index is 1.26. The third kappa shape index (κ3) is 6.00. The minimum absolute atomic E-state index is 0.258. The van der Waals surface area contributed by atoms with Gasteiger partial charge in [0, 0.05) is 29.6 Å². The number of aliphatic carboxylic acids is 1. The third-order valence-electron chi connectivity index (χ3n) is 9.07. The highest BCUT2D eigenvalue weighted by Gasteiger charge is 2.42. The van der Waals surface area contributed by atoms with Crippen LogP contribution in [0.2, 0.25) is 0 Å². The first-order chi connectivity index (χ1) is 21.3. The van der Waals surface area contributed by atoms with Crippen molar-refractivity contribution >= 4 is 40.6 Å². The molecule has 6 rings (SSSR count). The van der Waals surface area contributed by atoms with Crippen LogP contribution in [-0.4, -0.2) is 43.0 Å². The highest BCUT2D eigenvalue weighted by molar-refractivity contribution is 6.05. The summed E-state index contributed by atoms with van der Waals surface area (Å²) in [6, 6.07) is 18.7. The molecule has 0 spiro atoms. The quantitative estimate of drug-likeness (QED) is 0.198. The van der Waals surface area contributed by atoms with Crippen LogP contribution in [0, 0.1) is 5.92 Å². The zero-order valence-corrected chi connectivity index (χ0v) is 24.8. The first-order valence-electron chi connectivity index (χ1n) is 15.4. The minimum atomic E-state index is -1.03. The lowest BCUT2D eigenvalue weighted by atomic mass is 9.85. The van der Waals surface area contributed by atoms with E-state index in [-0.39, 0.29) is 11.8 Å². The van der Waals surface area contributed by atoms with Gasteiger partial charge in [-0.2, -0.15) is 0 Å². The highest BCUT2D eigenvalue weighted by Crippen LogP contribution is 2.39. The standard InChI is InChI=1S/C35H37N5O4/c1-23-8-2-3-10-29(23)40-30-17-14-25(22-28(30)38-32(40)27-9-4-7-21-36-27)33(43)39-35(19-5-6-20-35)34(44)37-26-15-11-24(12-16-26)13-18-31(41)42/h4,7,9,11-18,21-23,29H,2-3,5-6,8,10,19-20H2,1H3,(H,37,44)(H,39,43)(H,41,42)/b18-13+/t23-,29-/m1/s1. The number of carbonyl (C=O) groups is 3. The van der Waals surface area contributed by atoms with Crippen LogP contribution in [0.5, 0.6) is 0 Å². The Hall–Kier alpha value is -4.79. The van der Waals surface area contributed by atoms with Gasteiger partial charge >= 0.3 is 5.97 Å². The fourth-order valence-corrected chi connectivity index (χ4v) is 6.70. The molecule has 2 fully saturated rings. The molecular formula is C35H37N5O4. The Bertz CT molecular complexity index is 1700. The number of pyridine rings is 1. The Morgan fingerprint density at radius 2 is 1.75 bits per heavy atom. The van der Waals surface area contributed by atoms with E-state index in [1.807, 2.05) is 36.4 Å². The Labute approximate surface area is 256 Å². The molecule has 2 heterocycles. The van der Waals surface area contributed by atoms with E-state index in [9.17, 15) is 14.4 Å². The van der Waals surface area contributed by atoms with Gasteiger partial charge in [-0.1, -0.05) is 50.8 Å². The summed E-state index contributed by atoms with van der Waals surface area (Å²) in [6.07, 6.45) is 11.7.